The predicted octanol–water partition coefficient (Wildman–Crippen LogP) is 0.975. The first kappa shape index (κ1) is 7.74. The molecule has 6 heteroatoms. The van der Waals surface area contributed by atoms with Gasteiger partial charge in [0, 0.05) is 15.9 Å². The predicted molar refractivity (Wildman–Crippen MR) is 23.1 cm³/mol. The van der Waals surface area contributed by atoms with Crippen LogP contribution in [0.3, 0.4) is 0 Å². The summed E-state index contributed by atoms with van der Waals surface area (Å²) >= 11 is 1.62. The molecule has 0 rings (SSSR count). The zero-order valence-corrected chi connectivity index (χ0v) is 5.01. The molecule has 0 atom stereocenters. The maximum absolute atomic E-state index is 11.4. The molecule has 0 heterocycles. The Labute approximate surface area is 51.1 Å². The van der Waals surface area contributed by atoms with Crippen molar-refractivity contribution in [1.82, 2.24) is 5.54 Å². The van der Waals surface area contributed by atoms with Crippen LogP contribution < -0.4 is 5.54 Å². The maximum Gasteiger partial charge on any atom is 0.380 e. The van der Waals surface area contributed by atoms with Crippen LogP contribution in [0.2, 0.25) is 0 Å². The van der Waals surface area contributed by atoms with Crippen molar-refractivity contribution in [2.45, 2.75) is 4.83 Å². The smallest absolute Gasteiger partial charge is 0.264 e. The molecule has 0 aliphatic rings. The molecule has 8 heavy (non-hydrogen) atoms. The molecule has 0 aromatic heterocycles. The summed E-state index contributed by atoms with van der Waals surface area (Å²) in [5.41, 5.74) is 0.269. The Morgan fingerprint density at radius 3 is 2.00 bits per heavy atom. The van der Waals surface area contributed by atoms with Crippen molar-refractivity contribution in [3.8, 4) is 0 Å². The summed E-state index contributed by atoms with van der Waals surface area (Å²) in [6, 6.07) is 0. The zero-order valence-electron chi connectivity index (χ0n) is 3.42. The lowest BCUT2D eigenvalue weighted by molar-refractivity contribution is -0.138. The van der Waals surface area contributed by atoms with Gasteiger partial charge in [-0.05, 0) is 0 Å². The summed E-state index contributed by atoms with van der Waals surface area (Å²) in [6.07, 6.45) is 0. The quantitative estimate of drug-likeness (QED) is 0.486. The van der Waals surface area contributed by atoms with E-state index in [0.717, 1.165) is 0 Å². The summed E-state index contributed by atoms with van der Waals surface area (Å²) in [5.74, 6) is -2.00. The van der Waals surface area contributed by atoms with E-state index in [9.17, 15) is 18.1 Å². The third-order valence-corrected chi connectivity index (χ3v) is 0.703. The van der Waals surface area contributed by atoms with Gasteiger partial charge in [0.15, 0.2) is 0 Å². The molecule has 0 aromatic rings. The Kier molecular flexibility index (Phi) is 2.26. The van der Waals surface area contributed by atoms with E-state index in [1.165, 1.54) is 0 Å². The number of hydrogen-bond acceptors (Lipinski definition) is 1. The number of hydrogen-bond donors (Lipinski definition) is 1. The van der Waals surface area contributed by atoms with Crippen LogP contribution in [0.4, 0.5) is 13.3 Å². The second kappa shape index (κ2) is 2.34. The Morgan fingerprint density at radius 1 is 1.62 bits per heavy atom. The van der Waals surface area contributed by atoms with Crippen molar-refractivity contribution in [2.75, 3.05) is 0 Å². The van der Waals surface area contributed by atoms with Gasteiger partial charge in [0.1, 0.15) is 0 Å². The van der Waals surface area contributed by atoms with Gasteiger partial charge in [0.05, 0.1) is 0 Å². The average Bonchev–Trinajstić information content (AvgIpc) is 1.62. The fourth-order valence-corrected chi connectivity index (χ4v) is 0.129. The Hall–Kier alpha value is -0.260. The first-order valence-corrected chi connectivity index (χ1v) is 2.25. The Bertz CT molecular complexity index is 99.9. The van der Waals surface area contributed by atoms with Crippen molar-refractivity contribution < 1.29 is 18.1 Å². The van der Waals surface area contributed by atoms with Gasteiger partial charge >= 0.3 is 10.7 Å². The molecule has 0 aromatic carbocycles. The monoisotopic (exact) mass is 191 g/mol. The van der Waals surface area contributed by atoms with Crippen molar-refractivity contribution >= 4 is 21.8 Å². The summed E-state index contributed by atoms with van der Waals surface area (Å²) in [6.45, 7) is 0. The van der Waals surface area contributed by atoms with E-state index in [-0.39, 0.29) is 5.54 Å². The molecule has 0 saturated heterocycles. The van der Waals surface area contributed by atoms with E-state index in [0.29, 0.717) is 0 Å². The molecular formula is C2HBrF3NO. The van der Waals surface area contributed by atoms with Gasteiger partial charge in [-0.3, -0.25) is 4.79 Å². The highest BCUT2D eigenvalue weighted by atomic mass is 79.9. The molecule has 1 amide bonds. The van der Waals surface area contributed by atoms with E-state index >= 15 is 0 Å². The van der Waals surface area contributed by atoms with Crippen LogP contribution in [0.1, 0.15) is 0 Å². The van der Waals surface area contributed by atoms with Gasteiger partial charge in [-0.25, -0.2) is 0 Å². The van der Waals surface area contributed by atoms with Gasteiger partial charge in [0.2, 0.25) is 0 Å². The molecule has 0 aliphatic carbocycles. The molecule has 1 N–H and O–H groups in total. The van der Waals surface area contributed by atoms with Crippen molar-refractivity contribution in [1.29, 1.82) is 0 Å². The molecule has 0 saturated carbocycles. The van der Waals surface area contributed by atoms with Gasteiger partial charge < -0.3 is 0 Å². The van der Waals surface area contributed by atoms with Crippen LogP contribution in [0, 0.1) is 0 Å². The number of nitrogens with one attached hydrogen (secondary N) is 1. The summed E-state index contributed by atoms with van der Waals surface area (Å²) in [7, 11) is 0. The van der Waals surface area contributed by atoms with Crippen molar-refractivity contribution in [3.63, 3.8) is 0 Å². The summed E-state index contributed by atoms with van der Waals surface area (Å²) < 4.78 is 33.5. The lowest BCUT2D eigenvalue weighted by Crippen LogP contribution is -2.30. The first-order valence-electron chi connectivity index (χ1n) is 1.46. The zero-order chi connectivity index (χ0) is 6.78. The lowest BCUT2D eigenvalue weighted by Gasteiger charge is -2.00. The second-order valence-corrected chi connectivity index (χ2v) is 1.92. The third-order valence-electron chi connectivity index (χ3n) is 0.343. The SMILES string of the molecule is O=C(NF)C(F)(F)Br. The molecule has 0 bridgehead atoms. The number of halogens is 4. The van der Waals surface area contributed by atoms with E-state index in [4.69, 9.17) is 0 Å². The van der Waals surface area contributed by atoms with E-state index in [1.54, 1.807) is 15.9 Å². The summed E-state index contributed by atoms with van der Waals surface area (Å²) in [4.78, 5) is 5.75. The normalized spacial score (nSPS) is 11.0. The fourth-order valence-electron chi connectivity index (χ4n) is 0.0536. The van der Waals surface area contributed by atoms with Gasteiger partial charge in [-0.2, -0.15) is 14.3 Å². The van der Waals surface area contributed by atoms with Crippen LogP contribution in [0.25, 0.3) is 0 Å². The van der Waals surface area contributed by atoms with Crippen molar-refractivity contribution in [2.24, 2.45) is 0 Å². The minimum absolute atomic E-state index is 0.269. The highest BCUT2D eigenvalue weighted by Gasteiger charge is 2.34. The number of amides is 1. The lowest BCUT2D eigenvalue weighted by atomic mass is 10.7. The van der Waals surface area contributed by atoms with Crippen LogP contribution in [-0.2, 0) is 4.79 Å². The highest BCUT2D eigenvalue weighted by Crippen LogP contribution is 2.20. The third kappa shape index (κ3) is 2.15. The number of carbonyl (C=O) groups excluding carboxylic acids is 1. The van der Waals surface area contributed by atoms with Crippen LogP contribution in [-0.4, -0.2) is 10.7 Å². The molecule has 0 fully saturated rings. The van der Waals surface area contributed by atoms with Crippen LogP contribution in [0.15, 0.2) is 0 Å². The highest BCUT2D eigenvalue weighted by molar-refractivity contribution is 9.10. The molecule has 0 unspecified atom stereocenters. The van der Waals surface area contributed by atoms with Gasteiger partial charge in [0.25, 0.3) is 0 Å². The number of rotatable bonds is 1. The topological polar surface area (TPSA) is 29.1 Å². The minimum Gasteiger partial charge on any atom is -0.264 e. The molecule has 0 radical (unpaired) electrons. The largest absolute Gasteiger partial charge is 0.380 e. The Balaban J connectivity index is 3.82. The fraction of sp³-hybridized carbons (Fsp3) is 0.500. The molecule has 0 spiro atoms. The van der Waals surface area contributed by atoms with E-state index < -0.39 is 10.7 Å². The van der Waals surface area contributed by atoms with Crippen molar-refractivity contribution in [3.05, 3.63) is 0 Å². The molecule has 2 nitrogen and oxygen atoms in total. The average molecular weight is 192 g/mol. The Morgan fingerprint density at radius 2 is 2.00 bits per heavy atom. The van der Waals surface area contributed by atoms with Gasteiger partial charge in [-0.1, -0.05) is 0 Å². The van der Waals surface area contributed by atoms with Crippen LogP contribution in [0.5, 0.6) is 0 Å². The number of alkyl halides is 3. The van der Waals surface area contributed by atoms with Gasteiger partial charge in [-0.15, -0.1) is 4.48 Å². The molecule has 48 valence electrons. The second-order valence-electron chi connectivity index (χ2n) is 0.921. The summed E-state index contributed by atoms with van der Waals surface area (Å²) in [5, 5.41) is 0. The first-order chi connectivity index (χ1) is 3.48. The standard InChI is InChI=1S/C2HBrF3NO/c3-2(4,5)1(8)7-6/h(H,7,8). The minimum atomic E-state index is -3.80. The number of carbonyl (C=O) groups is 1. The maximum atomic E-state index is 11.4. The van der Waals surface area contributed by atoms with Crippen LogP contribution >= 0.6 is 15.9 Å². The van der Waals surface area contributed by atoms with E-state index in [2.05, 4.69) is 0 Å². The van der Waals surface area contributed by atoms with E-state index in [1.807, 2.05) is 0 Å². The molecular weight excluding hydrogens is 191 g/mol. The molecule has 0 aliphatic heterocycles.